The Balaban J connectivity index is 1.72. The first-order valence-corrected chi connectivity index (χ1v) is 10.5. The molecule has 8 heteroatoms. The van der Waals surface area contributed by atoms with Crippen molar-refractivity contribution in [2.75, 3.05) is 32.9 Å². The number of hydrogen-bond acceptors (Lipinski definition) is 4. The Kier molecular flexibility index (Phi) is 6.43. The number of aliphatic imine (C=N–C) groups is 1. The Morgan fingerprint density at radius 3 is 2.57 bits per heavy atom. The molecule has 23 heavy (non-hydrogen) atoms. The molecule has 1 aliphatic rings. The van der Waals surface area contributed by atoms with Crippen LogP contribution < -0.4 is 10.6 Å². The van der Waals surface area contributed by atoms with Crippen molar-refractivity contribution < 1.29 is 8.42 Å². The number of thiophene rings is 1. The third kappa shape index (κ3) is 5.78. The molecule has 0 amide bonds. The number of hydrogen-bond donors (Lipinski definition) is 2. The van der Waals surface area contributed by atoms with Crippen molar-refractivity contribution in [1.29, 1.82) is 0 Å². The third-order valence-electron chi connectivity index (χ3n) is 4.05. The van der Waals surface area contributed by atoms with Gasteiger partial charge in [-0.05, 0) is 37.8 Å². The maximum absolute atomic E-state index is 11.5. The van der Waals surface area contributed by atoms with Gasteiger partial charge >= 0.3 is 0 Å². The van der Waals surface area contributed by atoms with Gasteiger partial charge in [0.25, 0.3) is 0 Å². The average molecular weight is 359 g/mol. The average Bonchev–Trinajstić information content (AvgIpc) is 2.92. The molecular formula is C15H26N4O2S2. The van der Waals surface area contributed by atoms with E-state index in [4.69, 9.17) is 0 Å². The van der Waals surface area contributed by atoms with Gasteiger partial charge in [0, 0.05) is 36.4 Å². The second-order valence-electron chi connectivity index (χ2n) is 5.92. The van der Waals surface area contributed by atoms with Crippen LogP contribution in [-0.2, 0) is 16.6 Å². The molecule has 1 aromatic heterocycles. The van der Waals surface area contributed by atoms with E-state index in [2.05, 4.69) is 34.7 Å². The maximum Gasteiger partial charge on any atom is 0.211 e. The molecule has 0 aromatic carbocycles. The second kappa shape index (κ2) is 8.12. The van der Waals surface area contributed by atoms with Gasteiger partial charge in [0.05, 0.1) is 12.8 Å². The quantitative estimate of drug-likeness (QED) is 0.616. The van der Waals surface area contributed by atoms with Crippen LogP contribution in [0.25, 0.3) is 0 Å². The van der Waals surface area contributed by atoms with Crippen LogP contribution in [0.2, 0.25) is 0 Å². The minimum atomic E-state index is -3.04. The highest BCUT2D eigenvalue weighted by Crippen LogP contribution is 2.18. The fourth-order valence-electron chi connectivity index (χ4n) is 2.66. The standard InChI is InChI=1S/C15H26N4O2S2/c1-12-4-5-14(22-12)11-18-15(16-2)17-10-13-6-8-19(9-7-13)23(3,20)21/h4-5,13H,6-11H2,1-3H3,(H2,16,17,18). The van der Waals surface area contributed by atoms with Crippen molar-refractivity contribution in [1.82, 2.24) is 14.9 Å². The molecule has 1 saturated heterocycles. The molecule has 0 spiro atoms. The van der Waals surface area contributed by atoms with E-state index in [1.54, 1.807) is 22.7 Å². The maximum atomic E-state index is 11.5. The first kappa shape index (κ1) is 18.2. The summed E-state index contributed by atoms with van der Waals surface area (Å²) in [5.41, 5.74) is 0. The van der Waals surface area contributed by atoms with Crippen molar-refractivity contribution in [3.8, 4) is 0 Å². The zero-order valence-electron chi connectivity index (χ0n) is 14.0. The van der Waals surface area contributed by atoms with Crippen LogP contribution in [0.4, 0.5) is 0 Å². The number of nitrogens with zero attached hydrogens (tertiary/aromatic N) is 2. The lowest BCUT2D eigenvalue weighted by Crippen LogP contribution is -2.43. The molecular weight excluding hydrogens is 332 g/mol. The van der Waals surface area contributed by atoms with Crippen LogP contribution in [0.15, 0.2) is 17.1 Å². The first-order chi connectivity index (χ1) is 10.9. The number of aryl methyl sites for hydroxylation is 1. The zero-order valence-corrected chi connectivity index (χ0v) is 15.6. The lowest BCUT2D eigenvalue weighted by molar-refractivity contribution is 0.275. The van der Waals surface area contributed by atoms with Crippen LogP contribution in [0, 0.1) is 12.8 Å². The highest BCUT2D eigenvalue weighted by Gasteiger charge is 2.24. The molecule has 2 heterocycles. The molecule has 130 valence electrons. The van der Waals surface area contributed by atoms with Crippen LogP contribution in [0.3, 0.4) is 0 Å². The molecule has 0 unspecified atom stereocenters. The summed E-state index contributed by atoms with van der Waals surface area (Å²) in [6.45, 7) is 4.92. The van der Waals surface area contributed by atoms with E-state index in [-0.39, 0.29) is 0 Å². The van der Waals surface area contributed by atoms with Gasteiger partial charge in [0.1, 0.15) is 0 Å². The van der Waals surface area contributed by atoms with Gasteiger partial charge in [-0.3, -0.25) is 4.99 Å². The van der Waals surface area contributed by atoms with E-state index in [0.717, 1.165) is 31.9 Å². The summed E-state index contributed by atoms with van der Waals surface area (Å²) in [6, 6.07) is 4.24. The van der Waals surface area contributed by atoms with Crippen molar-refractivity contribution in [2.24, 2.45) is 10.9 Å². The Morgan fingerprint density at radius 1 is 1.35 bits per heavy atom. The molecule has 0 radical (unpaired) electrons. The Morgan fingerprint density at radius 2 is 2.04 bits per heavy atom. The van der Waals surface area contributed by atoms with Gasteiger partial charge < -0.3 is 10.6 Å². The van der Waals surface area contributed by atoms with Crippen LogP contribution >= 0.6 is 11.3 Å². The third-order valence-corrected chi connectivity index (χ3v) is 6.35. The van der Waals surface area contributed by atoms with E-state index < -0.39 is 10.0 Å². The number of sulfonamides is 1. The first-order valence-electron chi connectivity index (χ1n) is 7.83. The molecule has 2 rings (SSSR count). The molecule has 0 saturated carbocycles. The van der Waals surface area contributed by atoms with Crippen molar-refractivity contribution in [2.45, 2.75) is 26.3 Å². The molecule has 2 N–H and O–H groups in total. The number of rotatable bonds is 5. The lowest BCUT2D eigenvalue weighted by Gasteiger charge is -2.30. The summed E-state index contributed by atoms with van der Waals surface area (Å²) < 4.78 is 24.6. The lowest BCUT2D eigenvalue weighted by atomic mass is 9.98. The molecule has 0 bridgehead atoms. The molecule has 1 fully saturated rings. The summed E-state index contributed by atoms with van der Waals surface area (Å²) in [6.07, 6.45) is 3.06. The van der Waals surface area contributed by atoms with Crippen molar-refractivity contribution in [3.63, 3.8) is 0 Å². The SMILES string of the molecule is CN=C(NCc1ccc(C)s1)NCC1CCN(S(C)(=O)=O)CC1. The summed E-state index contributed by atoms with van der Waals surface area (Å²) in [7, 11) is -1.28. The van der Waals surface area contributed by atoms with E-state index in [9.17, 15) is 8.42 Å². The van der Waals surface area contributed by atoms with E-state index in [1.165, 1.54) is 16.0 Å². The number of nitrogens with one attached hydrogen (secondary N) is 2. The van der Waals surface area contributed by atoms with Crippen LogP contribution in [0.5, 0.6) is 0 Å². The number of guanidine groups is 1. The Hall–Kier alpha value is -1.12. The smallest absolute Gasteiger partial charge is 0.211 e. The molecule has 6 nitrogen and oxygen atoms in total. The highest BCUT2D eigenvalue weighted by atomic mass is 32.2. The summed E-state index contributed by atoms with van der Waals surface area (Å²) in [5, 5.41) is 6.66. The van der Waals surface area contributed by atoms with E-state index >= 15 is 0 Å². The zero-order chi connectivity index (χ0) is 16.9. The van der Waals surface area contributed by atoms with Gasteiger partial charge in [0.2, 0.25) is 10.0 Å². The van der Waals surface area contributed by atoms with E-state index in [0.29, 0.717) is 19.0 Å². The highest BCUT2D eigenvalue weighted by molar-refractivity contribution is 7.88. The molecule has 0 atom stereocenters. The van der Waals surface area contributed by atoms with Crippen LogP contribution in [-0.4, -0.2) is 51.6 Å². The largest absolute Gasteiger partial charge is 0.356 e. The van der Waals surface area contributed by atoms with Gasteiger partial charge in [0.15, 0.2) is 5.96 Å². The van der Waals surface area contributed by atoms with Gasteiger partial charge in [-0.1, -0.05) is 0 Å². The predicted molar refractivity (Wildman–Crippen MR) is 96.4 cm³/mol. The number of piperidine rings is 1. The predicted octanol–water partition coefficient (Wildman–Crippen LogP) is 1.39. The summed E-state index contributed by atoms with van der Waals surface area (Å²) >= 11 is 1.78. The minimum Gasteiger partial charge on any atom is -0.356 e. The summed E-state index contributed by atoms with van der Waals surface area (Å²) in [5.74, 6) is 1.28. The Bertz CT molecular complexity index is 632. The minimum absolute atomic E-state index is 0.482. The topological polar surface area (TPSA) is 73.8 Å². The van der Waals surface area contributed by atoms with Crippen molar-refractivity contribution >= 4 is 27.3 Å². The van der Waals surface area contributed by atoms with Gasteiger partial charge in [-0.15, -0.1) is 11.3 Å². The van der Waals surface area contributed by atoms with Crippen LogP contribution in [0.1, 0.15) is 22.6 Å². The fourth-order valence-corrected chi connectivity index (χ4v) is 4.36. The summed E-state index contributed by atoms with van der Waals surface area (Å²) in [4.78, 5) is 6.83. The van der Waals surface area contributed by atoms with Gasteiger partial charge in [-0.2, -0.15) is 0 Å². The molecule has 1 aliphatic heterocycles. The molecule has 1 aromatic rings. The van der Waals surface area contributed by atoms with Gasteiger partial charge in [-0.25, -0.2) is 12.7 Å². The normalized spacial score (nSPS) is 18.1. The monoisotopic (exact) mass is 358 g/mol. The molecule has 0 aliphatic carbocycles. The fraction of sp³-hybridized carbons (Fsp3) is 0.667. The second-order valence-corrected chi connectivity index (χ2v) is 9.28. The van der Waals surface area contributed by atoms with E-state index in [1.807, 2.05) is 0 Å². The van der Waals surface area contributed by atoms with Crippen molar-refractivity contribution in [3.05, 3.63) is 21.9 Å². The Labute approximate surface area is 143 Å².